The number of carbonyl (C=O) groups is 1. The van der Waals surface area contributed by atoms with E-state index in [1.165, 1.54) is 12.1 Å². The lowest BCUT2D eigenvalue weighted by molar-refractivity contribution is -0.132. The van der Waals surface area contributed by atoms with Crippen molar-refractivity contribution in [3.8, 4) is 0 Å². The van der Waals surface area contributed by atoms with Crippen molar-refractivity contribution in [2.24, 2.45) is 0 Å². The minimum Gasteiger partial charge on any atom is -0.339 e. The van der Waals surface area contributed by atoms with Crippen LogP contribution in [0.25, 0.3) is 11.0 Å². The molecule has 1 heterocycles. The van der Waals surface area contributed by atoms with Crippen molar-refractivity contribution in [2.75, 3.05) is 7.05 Å². The van der Waals surface area contributed by atoms with Crippen molar-refractivity contribution < 1.29 is 9.18 Å². The summed E-state index contributed by atoms with van der Waals surface area (Å²) in [4.78, 5) is 27.2. The highest BCUT2D eigenvalue weighted by atomic mass is 19.1. The lowest BCUT2D eigenvalue weighted by Crippen LogP contribution is -2.32. The van der Waals surface area contributed by atoms with Crippen LogP contribution in [0.1, 0.15) is 38.3 Å². The van der Waals surface area contributed by atoms with Crippen LogP contribution >= 0.6 is 0 Å². The molecular formula is C22H26FN3O2. The van der Waals surface area contributed by atoms with Crippen LogP contribution in [0.4, 0.5) is 4.39 Å². The number of aryl methyl sites for hydroxylation is 2. The number of imidazole rings is 1. The average molecular weight is 383 g/mol. The third kappa shape index (κ3) is 3.86. The quantitative estimate of drug-likeness (QED) is 0.620. The first-order valence-electron chi connectivity index (χ1n) is 9.63. The first kappa shape index (κ1) is 19.9. The minimum absolute atomic E-state index is 0.0592. The van der Waals surface area contributed by atoms with Gasteiger partial charge in [-0.25, -0.2) is 9.18 Å². The number of hydrogen-bond donors (Lipinski definition) is 0. The highest BCUT2D eigenvalue weighted by Gasteiger charge is 2.19. The summed E-state index contributed by atoms with van der Waals surface area (Å²) in [6.07, 6.45) is 1.09. The molecular weight excluding hydrogens is 357 g/mol. The molecule has 0 N–H and O–H groups in total. The number of amides is 1. The number of rotatable bonds is 7. The molecule has 3 rings (SSSR count). The fraction of sp³-hybridized carbons (Fsp3) is 0.364. The van der Waals surface area contributed by atoms with Gasteiger partial charge in [-0.2, -0.15) is 0 Å². The largest absolute Gasteiger partial charge is 0.339 e. The smallest absolute Gasteiger partial charge is 0.329 e. The monoisotopic (exact) mass is 383 g/mol. The summed E-state index contributed by atoms with van der Waals surface area (Å²) in [6.45, 7) is 4.93. The van der Waals surface area contributed by atoms with Gasteiger partial charge in [-0.1, -0.05) is 31.2 Å². The van der Waals surface area contributed by atoms with E-state index in [1.807, 2.05) is 38.1 Å². The second kappa shape index (κ2) is 8.42. The lowest BCUT2D eigenvalue weighted by atomic mass is 10.1. The molecule has 0 aliphatic heterocycles. The molecule has 3 aromatic rings. The van der Waals surface area contributed by atoms with Crippen LogP contribution in [0.3, 0.4) is 0 Å². The van der Waals surface area contributed by atoms with Gasteiger partial charge in [0.25, 0.3) is 0 Å². The van der Waals surface area contributed by atoms with Gasteiger partial charge in [-0.05, 0) is 43.2 Å². The number of carbonyl (C=O) groups excluding carboxylic acids is 1. The summed E-state index contributed by atoms with van der Waals surface area (Å²) < 4.78 is 16.6. The Morgan fingerprint density at radius 3 is 2.18 bits per heavy atom. The highest BCUT2D eigenvalue weighted by molar-refractivity contribution is 5.78. The zero-order chi connectivity index (χ0) is 20.3. The Bertz CT molecular complexity index is 1020. The van der Waals surface area contributed by atoms with Gasteiger partial charge in [0.2, 0.25) is 5.91 Å². The SMILES string of the molecule is CCCn1c(=O)n(CCC(=O)N(C)C(C)c2ccc(F)cc2)c2ccccc21. The van der Waals surface area contributed by atoms with Crippen LogP contribution in [-0.2, 0) is 17.9 Å². The number of benzene rings is 2. The third-order valence-corrected chi connectivity index (χ3v) is 5.25. The molecule has 28 heavy (non-hydrogen) atoms. The number of hydrogen-bond acceptors (Lipinski definition) is 2. The predicted molar refractivity (Wildman–Crippen MR) is 109 cm³/mol. The van der Waals surface area contributed by atoms with E-state index < -0.39 is 0 Å². The molecule has 1 aromatic heterocycles. The number of para-hydroxylation sites is 2. The topological polar surface area (TPSA) is 47.2 Å². The first-order valence-corrected chi connectivity index (χ1v) is 9.63. The van der Waals surface area contributed by atoms with Gasteiger partial charge in [-0.15, -0.1) is 0 Å². The van der Waals surface area contributed by atoms with Crippen LogP contribution in [-0.4, -0.2) is 27.0 Å². The van der Waals surface area contributed by atoms with Crippen LogP contribution in [0.5, 0.6) is 0 Å². The van der Waals surface area contributed by atoms with Crippen LogP contribution < -0.4 is 5.69 Å². The molecule has 148 valence electrons. The number of nitrogens with zero attached hydrogens (tertiary/aromatic N) is 3. The zero-order valence-corrected chi connectivity index (χ0v) is 16.6. The average Bonchev–Trinajstić information content (AvgIpc) is 2.97. The lowest BCUT2D eigenvalue weighted by Gasteiger charge is -2.25. The van der Waals surface area contributed by atoms with Gasteiger partial charge in [-0.3, -0.25) is 13.9 Å². The van der Waals surface area contributed by atoms with Crippen LogP contribution in [0, 0.1) is 5.82 Å². The molecule has 2 aromatic carbocycles. The van der Waals surface area contributed by atoms with E-state index in [1.54, 1.807) is 33.2 Å². The van der Waals surface area contributed by atoms with Gasteiger partial charge in [0.1, 0.15) is 5.82 Å². The maximum atomic E-state index is 13.1. The number of halogens is 1. The zero-order valence-electron chi connectivity index (χ0n) is 16.6. The summed E-state index contributed by atoms with van der Waals surface area (Å²) in [5, 5.41) is 0. The Kier molecular flexibility index (Phi) is 5.97. The molecule has 0 bridgehead atoms. The molecule has 6 heteroatoms. The van der Waals surface area contributed by atoms with E-state index in [0.29, 0.717) is 13.1 Å². The Morgan fingerprint density at radius 2 is 1.61 bits per heavy atom. The third-order valence-electron chi connectivity index (χ3n) is 5.25. The first-order chi connectivity index (χ1) is 13.4. The van der Waals surface area contributed by atoms with E-state index in [0.717, 1.165) is 23.0 Å². The van der Waals surface area contributed by atoms with Crippen molar-refractivity contribution in [1.82, 2.24) is 14.0 Å². The van der Waals surface area contributed by atoms with E-state index in [2.05, 4.69) is 0 Å². The van der Waals surface area contributed by atoms with E-state index in [9.17, 15) is 14.0 Å². The van der Waals surface area contributed by atoms with E-state index in [-0.39, 0.29) is 29.9 Å². The second-order valence-electron chi connectivity index (χ2n) is 7.06. The van der Waals surface area contributed by atoms with E-state index in [4.69, 9.17) is 0 Å². The van der Waals surface area contributed by atoms with Crippen molar-refractivity contribution in [2.45, 2.75) is 45.8 Å². The van der Waals surface area contributed by atoms with Crippen molar-refractivity contribution in [3.63, 3.8) is 0 Å². The van der Waals surface area contributed by atoms with Crippen LogP contribution in [0.2, 0.25) is 0 Å². The normalized spacial score (nSPS) is 12.3. The van der Waals surface area contributed by atoms with Crippen LogP contribution in [0.15, 0.2) is 53.3 Å². The summed E-state index contributed by atoms with van der Waals surface area (Å²) >= 11 is 0. The Morgan fingerprint density at radius 1 is 1.04 bits per heavy atom. The molecule has 1 amide bonds. The van der Waals surface area contributed by atoms with Gasteiger partial charge in [0.05, 0.1) is 17.1 Å². The minimum atomic E-state index is -0.298. The molecule has 5 nitrogen and oxygen atoms in total. The number of aromatic nitrogens is 2. The Hall–Kier alpha value is -2.89. The molecule has 1 atom stereocenters. The molecule has 0 aliphatic rings. The Balaban J connectivity index is 1.76. The maximum absolute atomic E-state index is 13.1. The fourth-order valence-electron chi connectivity index (χ4n) is 3.49. The van der Waals surface area contributed by atoms with Crippen molar-refractivity contribution >= 4 is 16.9 Å². The number of fused-ring (bicyclic) bond motifs is 1. The molecule has 0 saturated heterocycles. The molecule has 0 fully saturated rings. The van der Waals surface area contributed by atoms with E-state index >= 15 is 0 Å². The summed E-state index contributed by atoms with van der Waals surface area (Å²) in [7, 11) is 1.74. The predicted octanol–water partition coefficient (Wildman–Crippen LogP) is 3.96. The summed E-state index contributed by atoms with van der Waals surface area (Å²) in [5.41, 5.74) is 2.54. The second-order valence-corrected chi connectivity index (χ2v) is 7.06. The summed E-state index contributed by atoms with van der Waals surface area (Å²) in [5.74, 6) is -0.358. The molecule has 0 radical (unpaired) electrons. The molecule has 0 saturated carbocycles. The van der Waals surface area contributed by atoms with Crippen molar-refractivity contribution in [3.05, 3.63) is 70.4 Å². The van der Waals surface area contributed by atoms with Gasteiger partial charge in [0.15, 0.2) is 0 Å². The fourth-order valence-corrected chi connectivity index (χ4v) is 3.49. The Labute approximate surface area is 164 Å². The molecule has 0 spiro atoms. The molecule has 1 unspecified atom stereocenters. The maximum Gasteiger partial charge on any atom is 0.329 e. The standard InChI is InChI=1S/C22H26FN3O2/c1-4-14-25-19-7-5-6-8-20(19)26(22(25)28)15-13-21(27)24(3)16(2)17-9-11-18(23)12-10-17/h5-12,16H,4,13-15H2,1-3H3. The van der Waals surface area contributed by atoms with Crippen molar-refractivity contribution in [1.29, 1.82) is 0 Å². The molecule has 0 aliphatic carbocycles. The highest BCUT2D eigenvalue weighted by Crippen LogP contribution is 2.20. The van der Waals surface area contributed by atoms with Gasteiger partial charge >= 0.3 is 5.69 Å². The van der Waals surface area contributed by atoms with Gasteiger partial charge in [0, 0.05) is 26.6 Å². The van der Waals surface area contributed by atoms with Gasteiger partial charge < -0.3 is 4.90 Å². The summed E-state index contributed by atoms with van der Waals surface area (Å²) in [6, 6.07) is 13.7.